The first-order chi connectivity index (χ1) is 10.1. The van der Waals surface area contributed by atoms with Crippen LogP contribution in [-0.2, 0) is 20.7 Å². The zero-order valence-corrected chi connectivity index (χ0v) is 12.3. The maximum atomic E-state index is 12.5. The summed E-state index contributed by atoms with van der Waals surface area (Å²) in [5.74, 6) is -0.172. The van der Waals surface area contributed by atoms with Crippen molar-refractivity contribution < 1.29 is 19.4 Å². The number of fused-ring (bicyclic) bond motifs is 1. The third-order valence-electron chi connectivity index (χ3n) is 4.03. The Bertz CT molecular complexity index is 569. The van der Waals surface area contributed by atoms with Gasteiger partial charge in [-0.3, -0.25) is 4.79 Å². The van der Waals surface area contributed by atoms with Crippen molar-refractivity contribution in [2.45, 2.75) is 24.5 Å². The number of rotatable bonds is 3. The number of ether oxygens (including phenoxy) is 1. The van der Waals surface area contributed by atoms with Crippen LogP contribution in [0.2, 0.25) is 0 Å². The first kappa shape index (κ1) is 14.4. The highest BCUT2D eigenvalue weighted by atomic mass is 32.2. The van der Waals surface area contributed by atoms with E-state index >= 15 is 0 Å². The van der Waals surface area contributed by atoms with Crippen LogP contribution in [0.3, 0.4) is 0 Å². The van der Waals surface area contributed by atoms with E-state index in [1.54, 1.807) is 11.8 Å². The molecular formula is C15H17NO4S. The van der Waals surface area contributed by atoms with Crippen molar-refractivity contribution in [2.24, 2.45) is 0 Å². The van der Waals surface area contributed by atoms with Crippen LogP contribution in [0.4, 0.5) is 0 Å². The summed E-state index contributed by atoms with van der Waals surface area (Å²) in [6.45, 7) is 0.476. The molecule has 0 aromatic heterocycles. The lowest BCUT2D eigenvalue weighted by atomic mass is 9.94. The van der Waals surface area contributed by atoms with E-state index in [0.717, 1.165) is 23.3 Å². The fraction of sp³-hybridized carbons (Fsp3) is 0.467. The minimum atomic E-state index is -1.16. The van der Waals surface area contributed by atoms with Crippen LogP contribution in [0.15, 0.2) is 24.3 Å². The van der Waals surface area contributed by atoms with Crippen LogP contribution in [0, 0.1) is 0 Å². The van der Waals surface area contributed by atoms with E-state index in [9.17, 15) is 14.7 Å². The topological polar surface area (TPSA) is 75.6 Å². The molecule has 0 unspecified atom stereocenters. The Balaban J connectivity index is 1.82. The maximum absolute atomic E-state index is 12.5. The number of amides is 1. The Labute approximate surface area is 127 Å². The normalized spacial score (nSPS) is 27.9. The molecule has 6 heteroatoms. The lowest BCUT2D eigenvalue weighted by molar-refractivity contribution is -0.149. The molecule has 0 spiro atoms. The van der Waals surface area contributed by atoms with Gasteiger partial charge in [-0.15, -0.1) is 0 Å². The number of benzene rings is 1. The van der Waals surface area contributed by atoms with Crippen molar-refractivity contribution in [2.75, 3.05) is 18.1 Å². The molecule has 0 radical (unpaired) electrons. The number of nitrogens with one attached hydrogen (secondary N) is 1. The molecule has 21 heavy (non-hydrogen) atoms. The smallest absolute Gasteiger partial charge is 0.330 e. The van der Waals surface area contributed by atoms with Gasteiger partial charge in [-0.2, -0.15) is 11.8 Å². The molecule has 1 amide bonds. The van der Waals surface area contributed by atoms with E-state index < -0.39 is 17.6 Å². The van der Waals surface area contributed by atoms with E-state index in [-0.39, 0.29) is 5.91 Å². The first-order valence-corrected chi connectivity index (χ1v) is 8.10. The summed E-state index contributed by atoms with van der Waals surface area (Å²) in [6, 6.07) is 7.66. The van der Waals surface area contributed by atoms with Crippen LogP contribution < -0.4 is 5.32 Å². The molecule has 2 heterocycles. The SMILES string of the molecule is O=C(N[C@]1(C(=O)O)CCSC1)[C@@H]1OCCc2ccccc21. The van der Waals surface area contributed by atoms with E-state index in [2.05, 4.69) is 5.32 Å². The van der Waals surface area contributed by atoms with Crippen LogP contribution >= 0.6 is 11.8 Å². The van der Waals surface area contributed by atoms with Crippen LogP contribution in [0.25, 0.3) is 0 Å². The molecule has 5 nitrogen and oxygen atoms in total. The number of thioether (sulfide) groups is 1. The van der Waals surface area contributed by atoms with Crippen molar-refractivity contribution in [3.63, 3.8) is 0 Å². The predicted octanol–water partition coefficient (Wildman–Crippen LogP) is 1.38. The molecule has 0 bridgehead atoms. The quantitative estimate of drug-likeness (QED) is 0.882. The van der Waals surface area contributed by atoms with Gasteiger partial charge >= 0.3 is 5.97 Å². The number of hydrogen-bond acceptors (Lipinski definition) is 4. The second kappa shape index (κ2) is 5.69. The fourth-order valence-electron chi connectivity index (χ4n) is 2.80. The standard InChI is InChI=1S/C15H17NO4S/c17-13(16-15(14(18)19)6-8-21-9-15)12-11-4-2-1-3-10(11)5-7-20-12/h1-4,12H,5-9H2,(H,16,17)(H,18,19)/t12-,15-/m1/s1. The average molecular weight is 307 g/mol. The summed E-state index contributed by atoms with van der Waals surface area (Å²) in [5.41, 5.74) is 0.777. The molecule has 2 aliphatic rings. The van der Waals surface area contributed by atoms with Gasteiger partial charge in [-0.25, -0.2) is 4.79 Å². The van der Waals surface area contributed by atoms with Gasteiger partial charge in [0.15, 0.2) is 6.10 Å². The molecule has 2 aliphatic heterocycles. The summed E-state index contributed by atoms with van der Waals surface area (Å²) in [6.07, 6.45) is 0.518. The lowest BCUT2D eigenvalue weighted by Crippen LogP contribution is -2.56. The van der Waals surface area contributed by atoms with Crippen LogP contribution in [0.1, 0.15) is 23.7 Å². The second-order valence-corrected chi connectivity index (χ2v) is 6.48. The number of carboxylic acid groups (broad SMARTS) is 1. The van der Waals surface area contributed by atoms with Gasteiger partial charge in [0.2, 0.25) is 0 Å². The Kier molecular flexibility index (Phi) is 3.91. The minimum absolute atomic E-state index is 0.355. The molecule has 3 rings (SSSR count). The summed E-state index contributed by atoms with van der Waals surface area (Å²) in [7, 11) is 0. The third-order valence-corrected chi connectivity index (χ3v) is 5.21. The van der Waals surface area contributed by atoms with Crippen molar-refractivity contribution in [3.8, 4) is 0 Å². The molecule has 1 aromatic rings. The van der Waals surface area contributed by atoms with Gasteiger partial charge < -0.3 is 15.2 Å². The molecular weight excluding hydrogens is 290 g/mol. The number of carbonyl (C=O) groups excluding carboxylic acids is 1. The van der Waals surface area contributed by atoms with E-state index in [1.165, 1.54) is 0 Å². The maximum Gasteiger partial charge on any atom is 0.330 e. The summed E-state index contributed by atoms with van der Waals surface area (Å²) in [4.78, 5) is 24.0. The Hall–Kier alpha value is -1.53. The summed E-state index contributed by atoms with van der Waals surface area (Å²) >= 11 is 1.55. The lowest BCUT2D eigenvalue weighted by Gasteiger charge is -2.30. The zero-order chi connectivity index (χ0) is 14.9. The van der Waals surface area contributed by atoms with Crippen molar-refractivity contribution in [1.29, 1.82) is 0 Å². The second-order valence-electron chi connectivity index (χ2n) is 5.38. The van der Waals surface area contributed by atoms with Crippen molar-refractivity contribution in [3.05, 3.63) is 35.4 Å². The monoisotopic (exact) mass is 307 g/mol. The highest BCUT2D eigenvalue weighted by Gasteiger charge is 2.45. The Morgan fingerprint density at radius 1 is 1.38 bits per heavy atom. The molecule has 2 N–H and O–H groups in total. The molecule has 112 valence electrons. The van der Waals surface area contributed by atoms with E-state index in [0.29, 0.717) is 18.8 Å². The van der Waals surface area contributed by atoms with Crippen LogP contribution in [0.5, 0.6) is 0 Å². The number of carboxylic acids is 1. The largest absolute Gasteiger partial charge is 0.479 e. The molecule has 2 atom stereocenters. The van der Waals surface area contributed by atoms with Crippen molar-refractivity contribution >= 4 is 23.6 Å². The Morgan fingerprint density at radius 2 is 2.19 bits per heavy atom. The van der Waals surface area contributed by atoms with Gasteiger partial charge in [0.1, 0.15) is 5.54 Å². The fourth-order valence-corrected chi connectivity index (χ4v) is 4.12. The van der Waals surface area contributed by atoms with Gasteiger partial charge in [0.05, 0.1) is 6.61 Å². The first-order valence-electron chi connectivity index (χ1n) is 6.95. The molecule has 0 saturated carbocycles. The number of carbonyl (C=O) groups is 2. The predicted molar refractivity (Wildman–Crippen MR) is 79.3 cm³/mol. The van der Waals surface area contributed by atoms with Gasteiger partial charge in [0, 0.05) is 5.75 Å². The summed E-state index contributed by atoms with van der Waals surface area (Å²) < 4.78 is 5.59. The molecule has 1 fully saturated rings. The average Bonchev–Trinajstić information content (AvgIpc) is 2.96. The molecule has 1 saturated heterocycles. The van der Waals surface area contributed by atoms with Gasteiger partial charge in [-0.1, -0.05) is 24.3 Å². The zero-order valence-electron chi connectivity index (χ0n) is 11.5. The van der Waals surface area contributed by atoms with Gasteiger partial charge in [0.25, 0.3) is 5.91 Å². The highest BCUT2D eigenvalue weighted by molar-refractivity contribution is 7.99. The third kappa shape index (κ3) is 2.65. The molecule has 0 aliphatic carbocycles. The van der Waals surface area contributed by atoms with Gasteiger partial charge in [-0.05, 0) is 29.7 Å². The number of hydrogen-bond donors (Lipinski definition) is 2. The highest BCUT2D eigenvalue weighted by Crippen LogP contribution is 2.31. The van der Waals surface area contributed by atoms with Crippen molar-refractivity contribution in [1.82, 2.24) is 5.32 Å². The summed E-state index contributed by atoms with van der Waals surface area (Å²) in [5, 5.41) is 12.2. The Morgan fingerprint density at radius 3 is 2.90 bits per heavy atom. The molecule has 1 aromatic carbocycles. The number of aliphatic carboxylic acids is 1. The van der Waals surface area contributed by atoms with Crippen LogP contribution in [-0.4, -0.2) is 40.6 Å². The minimum Gasteiger partial charge on any atom is -0.479 e. The van der Waals surface area contributed by atoms with E-state index in [4.69, 9.17) is 4.74 Å². The van der Waals surface area contributed by atoms with E-state index in [1.807, 2.05) is 24.3 Å².